The summed E-state index contributed by atoms with van der Waals surface area (Å²) in [6, 6.07) is 5.40. The van der Waals surface area contributed by atoms with Crippen LogP contribution in [0, 0.1) is 13.8 Å². The maximum atomic E-state index is 12.1. The van der Waals surface area contributed by atoms with Crippen LogP contribution in [0.1, 0.15) is 35.6 Å². The van der Waals surface area contributed by atoms with E-state index in [0.29, 0.717) is 6.61 Å². The molecule has 1 aliphatic rings. The Morgan fingerprint density at radius 1 is 1.38 bits per heavy atom. The lowest BCUT2D eigenvalue weighted by Gasteiger charge is -2.24. The van der Waals surface area contributed by atoms with Crippen molar-refractivity contribution in [1.29, 1.82) is 0 Å². The van der Waals surface area contributed by atoms with Crippen LogP contribution >= 0.6 is 0 Å². The van der Waals surface area contributed by atoms with Crippen molar-refractivity contribution in [2.24, 2.45) is 0 Å². The van der Waals surface area contributed by atoms with Crippen molar-refractivity contribution in [3.8, 4) is 0 Å². The topological polar surface area (TPSA) is 79.8 Å². The molecule has 0 spiro atoms. The first-order valence-corrected chi connectivity index (χ1v) is 8.40. The molecule has 2 amide bonds. The second kappa shape index (κ2) is 9.01. The minimum atomic E-state index is -0.738. The van der Waals surface area contributed by atoms with Crippen LogP contribution in [0.15, 0.2) is 18.2 Å². The number of rotatable bonds is 7. The molecule has 2 rings (SSSR count). The highest BCUT2D eigenvalue weighted by Gasteiger charge is 2.27. The van der Waals surface area contributed by atoms with Gasteiger partial charge in [0.05, 0.1) is 24.9 Å². The Balaban J connectivity index is 1.84. The molecule has 0 unspecified atom stereocenters. The van der Waals surface area contributed by atoms with Gasteiger partial charge in [0, 0.05) is 20.3 Å². The van der Waals surface area contributed by atoms with E-state index in [0.717, 1.165) is 36.1 Å². The summed E-state index contributed by atoms with van der Waals surface area (Å²) in [5.41, 5.74) is 2.99. The largest absolute Gasteiger partial charge is 0.387 e. The van der Waals surface area contributed by atoms with Crippen molar-refractivity contribution in [2.75, 3.05) is 26.9 Å². The molecule has 3 N–H and O–H groups in total. The van der Waals surface area contributed by atoms with Crippen molar-refractivity contribution >= 4 is 6.03 Å². The van der Waals surface area contributed by atoms with Crippen LogP contribution in [0.3, 0.4) is 0 Å². The van der Waals surface area contributed by atoms with Crippen molar-refractivity contribution in [3.63, 3.8) is 0 Å². The Hall–Kier alpha value is -1.63. The summed E-state index contributed by atoms with van der Waals surface area (Å²) in [5.74, 6) is 0. The summed E-state index contributed by atoms with van der Waals surface area (Å²) in [7, 11) is 1.60. The average molecular weight is 336 g/mol. The molecule has 24 heavy (non-hydrogen) atoms. The normalized spacial score (nSPS) is 19.8. The van der Waals surface area contributed by atoms with Gasteiger partial charge in [-0.2, -0.15) is 0 Å². The smallest absolute Gasteiger partial charge is 0.315 e. The van der Waals surface area contributed by atoms with E-state index in [-0.39, 0.29) is 24.7 Å². The van der Waals surface area contributed by atoms with Crippen LogP contribution in [0.25, 0.3) is 0 Å². The number of nitrogens with one attached hydrogen (secondary N) is 2. The van der Waals surface area contributed by atoms with Gasteiger partial charge in [0.15, 0.2) is 0 Å². The number of aliphatic hydroxyl groups excluding tert-OH is 1. The number of benzene rings is 1. The van der Waals surface area contributed by atoms with Gasteiger partial charge in [-0.05, 0) is 32.3 Å². The number of urea groups is 1. The van der Waals surface area contributed by atoms with Gasteiger partial charge in [0.25, 0.3) is 0 Å². The fourth-order valence-corrected chi connectivity index (χ4v) is 3.07. The molecule has 1 aromatic carbocycles. The number of hydrogen-bond acceptors (Lipinski definition) is 4. The Morgan fingerprint density at radius 3 is 2.67 bits per heavy atom. The first-order valence-electron chi connectivity index (χ1n) is 8.40. The van der Waals surface area contributed by atoms with Gasteiger partial charge in [-0.25, -0.2) is 4.79 Å². The van der Waals surface area contributed by atoms with E-state index >= 15 is 0 Å². The summed E-state index contributed by atoms with van der Waals surface area (Å²) in [6.45, 7) is 5.25. The van der Waals surface area contributed by atoms with Crippen molar-refractivity contribution in [2.45, 2.75) is 44.9 Å². The van der Waals surface area contributed by atoms with Crippen molar-refractivity contribution in [1.82, 2.24) is 10.6 Å². The predicted octanol–water partition coefficient (Wildman–Crippen LogP) is 1.83. The van der Waals surface area contributed by atoms with Crippen LogP contribution < -0.4 is 10.6 Å². The van der Waals surface area contributed by atoms with E-state index in [4.69, 9.17) is 9.47 Å². The van der Waals surface area contributed by atoms with Gasteiger partial charge in [0.2, 0.25) is 0 Å². The molecule has 1 aromatic rings. The number of hydrogen-bond donors (Lipinski definition) is 3. The maximum Gasteiger partial charge on any atom is 0.315 e. The lowest BCUT2D eigenvalue weighted by Crippen LogP contribution is -2.50. The Morgan fingerprint density at radius 2 is 2.08 bits per heavy atom. The lowest BCUT2D eigenvalue weighted by molar-refractivity contribution is 0.0468. The van der Waals surface area contributed by atoms with E-state index in [1.807, 2.05) is 32.0 Å². The first-order chi connectivity index (χ1) is 11.5. The highest BCUT2D eigenvalue weighted by atomic mass is 16.5. The van der Waals surface area contributed by atoms with E-state index in [1.165, 1.54) is 0 Å². The molecule has 3 atom stereocenters. The highest BCUT2D eigenvalue weighted by molar-refractivity contribution is 5.74. The van der Waals surface area contributed by atoms with Crippen molar-refractivity contribution < 1.29 is 19.4 Å². The molecule has 1 aliphatic heterocycles. The predicted molar refractivity (Wildman–Crippen MR) is 92.0 cm³/mol. The Kier molecular flexibility index (Phi) is 7.02. The van der Waals surface area contributed by atoms with E-state index in [9.17, 15) is 9.90 Å². The molecule has 134 valence electrons. The Bertz CT molecular complexity index is 524. The highest BCUT2D eigenvalue weighted by Crippen LogP contribution is 2.17. The number of carbonyl (C=O) groups is 1. The Labute approximate surface area is 143 Å². The summed E-state index contributed by atoms with van der Waals surface area (Å²) in [5, 5.41) is 15.9. The number of ether oxygens (including phenoxy) is 2. The molecule has 0 saturated carbocycles. The molecule has 0 bridgehead atoms. The van der Waals surface area contributed by atoms with Gasteiger partial charge in [-0.3, -0.25) is 0 Å². The van der Waals surface area contributed by atoms with Gasteiger partial charge in [-0.1, -0.05) is 29.3 Å². The molecule has 1 saturated heterocycles. The molecule has 1 fully saturated rings. The molecular formula is C18H28N2O4. The second-order valence-corrected chi connectivity index (χ2v) is 6.40. The summed E-state index contributed by atoms with van der Waals surface area (Å²) < 4.78 is 10.8. The van der Waals surface area contributed by atoms with Gasteiger partial charge < -0.3 is 25.2 Å². The van der Waals surface area contributed by atoms with E-state index < -0.39 is 6.10 Å². The average Bonchev–Trinajstić information content (AvgIpc) is 3.05. The third-order valence-electron chi connectivity index (χ3n) is 4.16. The number of carbonyl (C=O) groups excluding carboxylic acids is 1. The zero-order valence-corrected chi connectivity index (χ0v) is 14.7. The molecule has 0 aromatic heterocycles. The minimum Gasteiger partial charge on any atom is -0.387 e. The van der Waals surface area contributed by atoms with Crippen LogP contribution in [-0.4, -0.2) is 50.2 Å². The number of aryl methyl sites for hydroxylation is 2. The second-order valence-electron chi connectivity index (χ2n) is 6.40. The van der Waals surface area contributed by atoms with Gasteiger partial charge in [0.1, 0.15) is 0 Å². The molecule has 0 aliphatic carbocycles. The molecule has 1 heterocycles. The summed E-state index contributed by atoms with van der Waals surface area (Å²) in [6.07, 6.45) is 1.16. The van der Waals surface area contributed by atoms with Crippen LogP contribution in [0.4, 0.5) is 4.79 Å². The summed E-state index contributed by atoms with van der Waals surface area (Å²) in [4.78, 5) is 12.1. The molecular weight excluding hydrogens is 308 g/mol. The minimum absolute atomic E-state index is 0.0138. The third kappa shape index (κ3) is 5.47. The lowest BCUT2D eigenvalue weighted by atomic mass is 10.0. The zero-order valence-electron chi connectivity index (χ0n) is 14.7. The van der Waals surface area contributed by atoms with Gasteiger partial charge in [-0.15, -0.1) is 0 Å². The fourth-order valence-electron chi connectivity index (χ4n) is 3.07. The van der Waals surface area contributed by atoms with Crippen LogP contribution in [0.2, 0.25) is 0 Å². The van der Waals surface area contributed by atoms with E-state index in [2.05, 4.69) is 10.6 Å². The standard InChI is InChI=1S/C18H28N2O4/c1-12-7-13(2)9-14(8-12)16(21)10-19-18(22)20-15(11-23-3)17-5-4-6-24-17/h7-9,15-17,21H,4-6,10-11H2,1-3H3,(H2,19,20,22)/t15-,16-,17+/m0/s1. The van der Waals surface area contributed by atoms with Crippen molar-refractivity contribution in [3.05, 3.63) is 34.9 Å². The van der Waals surface area contributed by atoms with Gasteiger partial charge >= 0.3 is 6.03 Å². The quantitative estimate of drug-likeness (QED) is 0.710. The molecule has 0 radical (unpaired) electrons. The first kappa shape index (κ1) is 18.7. The summed E-state index contributed by atoms with van der Waals surface area (Å²) >= 11 is 0. The van der Waals surface area contributed by atoms with Crippen LogP contribution in [0.5, 0.6) is 0 Å². The monoisotopic (exact) mass is 336 g/mol. The maximum absolute atomic E-state index is 12.1. The number of methoxy groups -OCH3 is 1. The number of aliphatic hydroxyl groups is 1. The SMILES string of the molecule is COC[C@H](NC(=O)NC[C@H](O)c1cc(C)cc(C)c1)[C@H]1CCCO1. The van der Waals surface area contributed by atoms with Crippen LogP contribution in [-0.2, 0) is 9.47 Å². The molecule has 6 heteroatoms. The van der Waals surface area contributed by atoms with E-state index in [1.54, 1.807) is 7.11 Å². The molecule has 6 nitrogen and oxygen atoms in total. The third-order valence-corrected chi connectivity index (χ3v) is 4.16. The fraction of sp³-hybridized carbons (Fsp3) is 0.611. The number of amides is 2. The zero-order chi connectivity index (χ0) is 17.5.